The van der Waals surface area contributed by atoms with Gasteiger partial charge in [-0.2, -0.15) is 0 Å². The van der Waals surface area contributed by atoms with E-state index in [1.54, 1.807) is 31.4 Å². The molecule has 3 aromatic rings. The average Bonchev–Trinajstić information content (AvgIpc) is 3.16. The maximum absolute atomic E-state index is 12.5. The van der Waals surface area contributed by atoms with E-state index in [0.717, 1.165) is 10.1 Å². The van der Waals surface area contributed by atoms with Crippen LogP contribution in [-0.4, -0.2) is 50.8 Å². The standard InChI is InChI=1S/C20H24N6O5/c1-24-18-17(19(29)25(2)20(24)30)26(12-22-18)11-16(28)23-14-6-4-13(5-7-14)10-15(27)21-8-9-31-3/h4-7,12H,8-11H2,1-3H3,(H,21,27)(H,23,28). The van der Waals surface area contributed by atoms with Crippen LogP contribution in [0, 0.1) is 0 Å². The van der Waals surface area contributed by atoms with E-state index in [2.05, 4.69) is 15.6 Å². The van der Waals surface area contributed by atoms with Crippen LogP contribution in [0.2, 0.25) is 0 Å². The third kappa shape index (κ3) is 4.89. The van der Waals surface area contributed by atoms with E-state index < -0.39 is 11.2 Å². The lowest BCUT2D eigenvalue weighted by molar-refractivity contribution is -0.120. The number of nitrogens with one attached hydrogen (secondary N) is 2. The zero-order valence-electron chi connectivity index (χ0n) is 17.5. The van der Waals surface area contributed by atoms with Crippen molar-refractivity contribution in [1.82, 2.24) is 24.0 Å². The normalized spacial score (nSPS) is 10.9. The second-order valence-corrected chi connectivity index (χ2v) is 7.02. The van der Waals surface area contributed by atoms with Gasteiger partial charge in [-0.05, 0) is 17.7 Å². The van der Waals surface area contributed by atoms with E-state index in [1.165, 1.54) is 29.6 Å². The third-order valence-corrected chi connectivity index (χ3v) is 4.76. The number of aromatic nitrogens is 4. The van der Waals surface area contributed by atoms with Gasteiger partial charge in [-0.25, -0.2) is 9.78 Å². The zero-order valence-corrected chi connectivity index (χ0v) is 17.5. The molecular formula is C20H24N6O5. The molecule has 2 amide bonds. The van der Waals surface area contributed by atoms with Crippen LogP contribution in [0.25, 0.3) is 11.2 Å². The van der Waals surface area contributed by atoms with E-state index >= 15 is 0 Å². The molecule has 11 heteroatoms. The van der Waals surface area contributed by atoms with Crippen LogP contribution in [0.15, 0.2) is 40.2 Å². The summed E-state index contributed by atoms with van der Waals surface area (Å²) in [5.41, 5.74) is 0.746. The van der Waals surface area contributed by atoms with Gasteiger partial charge in [0.05, 0.1) is 19.4 Å². The monoisotopic (exact) mass is 428 g/mol. The Balaban J connectivity index is 1.66. The van der Waals surface area contributed by atoms with E-state index in [1.807, 2.05) is 0 Å². The van der Waals surface area contributed by atoms with Crippen LogP contribution in [0.5, 0.6) is 0 Å². The molecular weight excluding hydrogens is 404 g/mol. The van der Waals surface area contributed by atoms with E-state index in [9.17, 15) is 19.2 Å². The van der Waals surface area contributed by atoms with Crippen molar-refractivity contribution in [3.63, 3.8) is 0 Å². The minimum Gasteiger partial charge on any atom is -0.383 e. The van der Waals surface area contributed by atoms with E-state index in [0.29, 0.717) is 18.8 Å². The van der Waals surface area contributed by atoms with Crippen molar-refractivity contribution in [1.29, 1.82) is 0 Å². The van der Waals surface area contributed by atoms with Crippen molar-refractivity contribution in [2.45, 2.75) is 13.0 Å². The maximum Gasteiger partial charge on any atom is 0.332 e. The van der Waals surface area contributed by atoms with Crippen LogP contribution in [0.1, 0.15) is 5.56 Å². The Morgan fingerprint density at radius 2 is 1.77 bits per heavy atom. The fourth-order valence-electron chi connectivity index (χ4n) is 3.12. The molecule has 0 unspecified atom stereocenters. The largest absolute Gasteiger partial charge is 0.383 e. The number of methoxy groups -OCH3 is 1. The van der Waals surface area contributed by atoms with Crippen molar-refractivity contribution < 1.29 is 14.3 Å². The third-order valence-electron chi connectivity index (χ3n) is 4.76. The summed E-state index contributed by atoms with van der Waals surface area (Å²) >= 11 is 0. The molecule has 0 bridgehead atoms. The molecule has 3 rings (SSSR count). The second kappa shape index (κ2) is 9.39. The number of carbonyl (C=O) groups is 2. The number of carbonyl (C=O) groups excluding carboxylic acids is 2. The summed E-state index contributed by atoms with van der Waals surface area (Å²) in [6.45, 7) is 0.753. The van der Waals surface area contributed by atoms with Gasteiger partial charge in [0.15, 0.2) is 11.2 Å². The summed E-state index contributed by atoms with van der Waals surface area (Å²) in [6.07, 6.45) is 1.58. The van der Waals surface area contributed by atoms with Crippen LogP contribution in [-0.2, 0) is 41.4 Å². The SMILES string of the molecule is COCCNC(=O)Cc1ccc(NC(=O)Cn2cnc3c2c(=O)n(C)c(=O)n3C)cc1. The van der Waals surface area contributed by atoms with Gasteiger partial charge in [0, 0.05) is 33.4 Å². The predicted molar refractivity (Wildman–Crippen MR) is 114 cm³/mol. The van der Waals surface area contributed by atoms with Gasteiger partial charge in [-0.3, -0.25) is 23.5 Å². The number of amides is 2. The molecule has 0 atom stereocenters. The first-order chi connectivity index (χ1) is 14.8. The summed E-state index contributed by atoms with van der Waals surface area (Å²) in [5.74, 6) is -0.475. The molecule has 2 aromatic heterocycles. The number of nitrogens with zero attached hydrogens (tertiary/aromatic N) is 4. The summed E-state index contributed by atoms with van der Waals surface area (Å²) in [5, 5.41) is 5.49. The maximum atomic E-state index is 12.5. The highest BCUT2D eigenvalue weighted by Gasteiger charge is 2.16. The number of anilines is 1. The number of rotatable bonds is 8. The topological polar surface area (TPSA) is 129 Å². The number of hydrogen-bond acceptors (Lipinski definition) is 6. The summed E-state index contributed by atoms with van der Waals surface area (Å²) in [4.78, 5) is 52.9. The van der Waals surface area contributed by atoms with Crippen molar-refractivity contribution >= 4 is 28.7 Å². The second-order valence-electron chi connectivity index (χ2n) is 7.02. The highest BCUT2D eigenvalue weighted by Crippen LogP contribution is 2.11. The van der Waals surface area contributed by atoms with Crippen LogP contribution in [0.3, 0.4) is 0 Å². The smallest absolute Gasteiger partial charge is 0.332 e. The first-order valence-corrected chi connectivity index (χ1v) is 9.57. The number of hydrogen-bond donors (Lipinski definition) is 2. The van der Waals surface area contributed by atoms with E-state index in [4.69, 9.17) is 4.74 Å². The lowest BCUT2D eigenvalue weighted by atomic mass is 10.1. The lowest BCUT2D eigenvalue weighted by Gasteiger charge is -2.09. The molecule has 1 aromatic carbocycles. The van der Waals surface area contributed by atoms with Crippen molar-refractivity contribution in [2.75, 3.05) is 25.6 Å². The Morgan fingerprint density at radius 3 is 2.45 bits per heavy atom. The zero-order chi connectivity index (χ0) is 22.5. The van der Waals surface area contributed by atoms with Gasteiger partial charge in [0.2, 0.25) is 11.8 Å². The number of aryl methyl sites for hydroxylation is 1. The van der Waals surface area contributed by atoms with Gasteiger partial charge >= 0.3 is 5.69 Å². The number of ether oxygens (including phenoxy) is 1. The van der Waals surface area contributed by atoms with Gasteiger partial charge in [-0.1, -0.05) is 12.1 Å². The van der Waals surface area contributed by atoms with Crippen LogP contribution >= 0.6 is 0 Å². The minimum atomic E-state index is -0.517. The Labute approximate surface area is 177 Å². The highest BCUT2D eigenvalue weighted by molar-refractivity contribution is 5.91. The molecule has 2 heterocycles. The summed E-state index contributed by atoms with van der Waals surface area (Å²) in [6, 6.07) is 6.90. The van der Waals surface area contributed by atoms with Gasteiger partial charge in [0.25, 0.3) is 5.56 Å². The van der Waals surface area contributed by atoms with Gasteiger partial charge < -0.3 is 19.9 Å². The van der Waals surface area contributed by atoms with Crippen molar-refractivity contribution in [2.24, 2.45) is 14.1 Å². The Hall–Kier alpha value is -3.73. The molecule has 0 spiro atoms. The lowest BCUT2D eigenvalue weighted by Crippen LogP contribution is -2.37. The fourth-order valence-corrected chi connectivity index (χ4v) is 3.12. The molecule has 31 heavy (non-hydrogen) atoms. The molecule has 11 nitrogen and oxygen atoms in total. The van der Waals surface area contributed by atoms with E-state index in [-0.39, 0.29) is 35.9 Å². The van der Waals surface area contributed by atoms with Crippen molar-refractivity contribution in [3.8, 4) is 0 Å². The Kier molecular flexibility index (Phi) is 6.65. The first kappa shape index (κ1) is 22.0. The minimum absolute atomic E-state index is 0.114. The number of imidazole rings is 1. The molecule has 164 valence electrons. The quantitative estimate of drug-likeness (QED) is 0.460. The molecule has 0 saturated carbocycles. The van der Waals surface area contributed by atoms with Gasteiger partial charge in [-0.15, -0.1) is 0 Å². The predicted octanol–water partition coefficient (Wildman–Crippen LogP) is -0.622. The highest BCUT2D eigenvalue weighted by atomic mass is 16.5. The molecule has 0 radical (unpaired) electrons. The number of fused-ring (bicyclic) bond motifs is 1. The fraction of sp³-hybridized carbons (Fsp3) is 0.350. The Morgan fingerprint density at radius 1 is 1.06 bits per heavy atom. The number of benzene rings is 1. The molecule has 0 saturated heterocycles. The summed E-state index contributed by atoms with van der Waals surface area (Å²) < 4.78 is 8.53. The van der Waals surface area contributed by atoms with Gasteiger partial charge in [0.1, 0.15) is 6.54 Å². The Bertz CT molecular complexity index is 1220. The van der Waals surface area contributed by atoms with Crippen molar-refractivity contribution in [3.05, 3.63) is 57.0 Å². The van der Waals surface area contributed by atoms with Crippen LogP contribution < -0.4 is 21.9 Å². The molecule has 0 aliphatic carbocycles. The van der Waals surface area contributed by atoms with Crippen LogP contribution in [0.4, 0.5) is 5.69 Å². The molecule has 0 aliphatic heterocycles. The molecule has 0 fully saturated rings. The average molecular weight is 428 g/mol. The molecule has 2 N–H and O–H groups in total. The molecule has 0 aliphatic rings. The first-order valence-electron chi connectivity index (χ1n) is 9.57. The summed E-state index contributed by atoms with van der Waals surface area (Å²) in [7, 11) is 4.46.